The Kier molecular flexibility index (Phi) is 4.62. The molecule has 0 saturated heterocycles. The normalized spacial score (nSPS) is 10.2. The van der Waals surface area contributed by atoms with Crippen molar-refractivity contribution < 1.29 is 0 Å². The zero-order valence-electron chi connectivity index (χ0n) is 14.5. The maximum absolute atomic E-state index is 8.86. The molecule has 3 rings (SSSR count). The first-order valence-electron chi connectivity index (χ1n) is 8.00. The smallest absolute Gasteiger partial charge is 0.229 e. The van der Waals surface area contributed by atoms with Gasteiger partial charge in [-0.3, -0.25) is 0 Å². The molecule has 5 heteroatoms. The van der Waals surface area contributed by atoms with Crippen LogP contribution in [0.3, 0.4) is 0 Å². The molecule has 0 saturated carbocycles. The Morgan fingerprint density at radius 2 is 1.60 bits per heavy atom. The van der Waals surface area contributed by atoms with Crippen LogP contribution in [-0.4, -0.2) is 9.97 Å². The van der Waals surface area contributed by atoms with Crippen LogP contribution >= 0.6 is 0 Å². The second-order valence-corrected chi connectivity index (χ2v) is 5.98. The van der Waals surface area contributed by atoms with Gasteiger partial charge in [0.2, 0.25) is 5.95 Å². The summed E-state index contributed by atoms with van der Waals surface area (Å²) in [6.07, 6.45) is 1.71. The minimum absolute atomic E-state index is 0.536. The molecule has 0 bridgehead atoms. The van der Waals surface area contributed by atoms with Gasteiger partial charge in [-0.2, -0.15) is 10.2 Å². The fourth-order valence-corrected chi connectivity index (χ4v) is 2.75. The molecule has 0 aliphatic rings. The van der Waals surface area contributed by atoms with E-state index in [0.717, 1.165) is 22.5 Å². The summed E-state index contributed by atoms with van der Waals surface area (Å²) in [6, 6.07) is 15.4. The second-order valence-electron chi connectivity index (χ2n) is 5.98. The van der Waals surface area contributed by atoms with Crippen LogP contribution in [0.15, 0.2) is 48.7 Å². The quantitative estimate of drug-likeness (QED) is 0.722. The fraction of sp³-hybridized carbons (Fsp3) is 0.150. The number of aryl methyl sites for hydroxylation is 3. The van der Waals surface area contributed by atoms with E-state index >= 15 is 0 Å². The van der Waals surface area contributed by atoms with E-state index in [0.29, 0.717) is 17.3 Å². The van der Waals surface area contributed by atoms with Gasteiger partial charge in [-0.1, -0.05) is 17.7 Å². The predicted octanol–water partition coefficient (Wildman–Crippen LogP) is 4.76. The summed E-state index contributed by atoms with van der Waals surface area (Å²) in [4.78, 5) is 8.82. The Labute approximate surface area is 147 Å². The molecular weight excluding hydrogens is 310 g/mol. The summed E-state index contributed by atoms with van der Waals surface area (Å²) in [5.74, 6) is 1.22. The number of anilines is 4. The summed E-state index contributed by atoms with van der Waals surface area (Å²) in [6.45, 7) is 6.23. The van der Waals surface area contributed by atoms with E-state index in [1.807, 2.05) is 12.1 Å². The van der Waals surface area contributed by atoms with Crippen molar-refractivity contribution >= 4 is 23.1 Å². The lowest BCUT2D eigenvalue weighted by atomic mass is 10.1. The van der Waals surface area contributed by atoms with E-state index in [-0.39, 0.29) is 0 Å². The number of hydrogen-bond donors (Lipinski definition) is 2. The minimum atomic E-state index is 0.536. The van der Waals surface area contributed by atoms with Crippen LogP contribution in [0.4, 0.5) is 23.1 Å². The van der Waals surface area contributed by atoms with Gasteiger partial charge in [-0.15, -0.1) is 0 Å². The Bertz CT molecular complexity index is 916. The standard InChI is InChI=1S/C20H19N5/c1-13-10-14(2)19(15(3)11-13)25-20-22-9-8-18(24-20)23-17-6-4-16(12-21)5-7-17/h4-11H,1-3H3,(H2,22,23,24,25). The largest absolute Gasteiger partial charge is 0.340 e. The first-order valence-corrected chi connectivity index (χ1v) is 8.00. The van der Waals surface area contributed by atoms with Crippen LogP contribution < -0.4 is 10.6 Å². The summed E-state index contributed by atoms with van der Waals surface area (Å²) < 4.78 is 0. The molecule has 124 valence electrons. The molecule has 0 spiro atoms. The van der Waals surface area contributed by atoms with Gasteiger partial charge in [-0.05, 0) is 62.2 Å². The third-order valence-corrected chi connectivity index (χ3v) is 3.86. The number of benzene rings is 2. The van der Waals surface area contributed by atoms with E-state index in [4.69, 9.17) is 5.26 Å². The van der Waals surface area contributed by atoms with Crippen LogP contribution in [0.1, 0.15) is 22.3 Å². The highest BCUT2D eigenvalue weighted by Gasteiger charge is 2.07. The molecule has 0 unspecified atom stereocenters. The zero-order valence-corrected chi connectivity index (χ0v) is 14.5. The molecule has 2 aromatic carbocycles. The average molecular weight is 329 g/mol. The van der Waals surface area contributed by atoms with Crippen molar-refractivity contribution in [2.75, 3.05) is 10.6 Å². The molecule has 25 heavy (non-hydrogen) atoms. The highest BCUT2D eigenvalue weighted by atomic mass is 15.1. The third kappa shape index (κ3) is 3.93. The molecule has 0 atom stereocenters. The second kappa shape index (κ2) is 7.02. The molecular formula is C20H19N5. The highest BCUT2D eigenvalue weighted by Crippen LogP contribution is 2.25. The molecule has 0 aliphatic carbocycles. The van der Waals surface area contributed by atoms with E-state index in [2.05, 4.69) is 59.6 Å². The van der Waals surface area contributed by atoms with Crippen LogP contribution in [0.5, 0.6) is 0 Å². The van der Waals surface area contributed by atoms with E-state index in [9.17, 15) is 0 Å². The van der Waals surface area contributed by atoms with Crippen molar-refractivity contribution in [3.8, 4) is 6.07 Å². The van der Waals surface area contributed by atoms with Gasteiger partial charge < -0.3 is 10.6 Å². The average Bonchev–Trinajstić information content (AvgIpc) is 2.59. The van der Waals surface area contributed by atoms with Crippen LogP contribution in [-0.2, 0) is 0 Å². The first-order chi connectivity index (χ1) is 12.0. The van der Waals surface area contributed by atoms with Crippen molar-refractivity contribution in [1.82, 2.24) is 9.97 Å². The Morgan fingerprint density at radius 1 is 0.920 bits per heavy atom. The Morgan fingerprint density at radius 3 is 2.24 bits per heavy atom. The number of nitriles is 1. The van der Waals surface area contributed by atoms with Gasteiger partial charge in [0, 0.05) is 17.6 Å². The molecule has 1 aromatic heterocycles. The van der Waals surface area contributed by atoms with Crippen molar-refractivity contribution in [2.24, 2.45) is 0 Å². The summed E-state index contributed by atoms with van der Waals surface area (Å²) >= 11 is 0. The lowest BCUT2D eigenvalue weighted by Gasteiger charge is -2.13. The van der Waals surface area contributed by atoms with Crippen LogP contribution in [0.2, 0.25) is 0 Å². The summed E-state index contributed by atoms with van der Waals surface area (Å²) in [7, 11) is 0. The highest BCUT2D eigenvalue weighted by molar-refractivity contribution is 5.65. The number of nitrogens with zero attached hydrogens (tertiary/aromatic N) is 3. The van der Waals surface area contributed by atoms with Crippen molar-refractivity contribution in [2.45, 2.75) is 20.8 Å². The summed E-state index contributed by atoms with van der Waals surface area (Å²) in [5, 5.41) is 15.4. The molecule has 1 heterocycles. The maximum atomic E-state index is 8.86. The first kappa shape index (κ1) is 16.5. The number of rotatable bonds is 4. The van der Waals surface area contributed by atoms with Gasteiger partial charge in [0.15, 0.2) is 0 Å². The van der Waals surface area contributed by atoms with Gasteiger partial charge in [0.1, 0.15) is 5.82 Å². The zero-order chi connectivity index (χ0) is 17.8. The van der Waals surface area contributed by atoms with Gasteiger partial charge in [-0.25, -0.2) is 4.98 Å². The predicted molar refractivity (Wildman–Crippen MR) is 100 cm³/mol. The minimum Gasteiger partial charge on any atom is -0.340 e. The molecule has 0 radical (unpaired) electrons. The number of hydrogen-bond acceptors (Lipinski definition) is 5. The molecule has 0 fully saturated rings. The molecule has 0 amide bonds. The SMILES string of the molecule is Cc1cc(C)c(Nc2nccc(Nc3ccc(C#N)cc3)n2)c(C)c1. The summed E-state index contributed by atoms with van der Waals surface area (Å²) in [5.41, 5.74) is 6.07. The van der Waals surface area contributed by atoms with Crippen LogP contribution in [0.25, 0.3) is 0 Å². The Balaban J connectivity index is 1.81. The van der Waals surface area contributed by atoms with Crippen LogP contribution in [0, 0.1) is 32.1 Å². The monoisotopic (exact) mass is 329 g/mol. The lowest BCUT2D eigenvalue weighted by Crippen LogP contribution is -2.03. The van der Waals surface area contributed by atoms with Crippen molar-refractivity contribution in [1.29, 1.82) is 5.26 Å². The Hall–Kier alpha value is -3.39. The third-order valence-electron chi connectivity index (χ3n) is 3.86. The number of aromatic nitrogens is 2. The van der Waals surface area contributed by atoms with Crippen molar-refractivity contribution in [3.05, 3.63) is 70.9 Å². The lowest BCUT2D eigenvalue weighted by molar-refractivity contribution is 1.15. The van der Waals surface area contributed by atoms with E-state index in [1.165, 1.54) is 5.56 Å². The van der Waals surface area contributed by atoms with Gasteiger partial charge in [0.05, 0.1) is 11.6 Å². The number of nitrogens with one attached hydrogen (secondary N) is 2. The molecule has 2 N–H and O–H groups in total. The van der Waals surface area contributed by atoms with E-state index in [1.54, 1.807) is 24.4 Å². The van der Waals surface area contributed by atoms with Crippen molar-refractivity contribution in [3.63, 3.8) is 0 Å². The van der Waals surface area contributed by atoms with E-state index < -0.39 is 0 Å². The molecule has 5 nitrogen and oxygen atoms in total. The molecule has 3 aromatic rings. The fourth-order valence-electron chi connectivity index (χ4n) is 2.75. The van der Waals surface area contributed by atoms with Gasteiger partial charge >= 0.3 is 0 Å². The molecule has 0 aliphatic heterocycles. The topological polar surface area (TPSA) is 73.6 Å². The van der Waals surface area contributed by atoms with Gasteiger partial charge in [0.25, 0.3) is 0 Å². The maximum Gasteiger partial charge on any atom is 0.229 e.